The van der Waals surface area contributed by atoms with E-state index in [0.29, 0.717) is 24.7 Å². The third-order valence-electron chi connectivity index (χ3n) is 10.5. The summed E-state index contributed by atoms with van der Waals surface area (Å²) < 4.78 is 9.51. The van der Waals surface area contributed by atoms with Gasteiger partial charge in [-0.15, -0.1) is 0 Å². The SMILES string of the molecule is COC(=O)N[C@H](C(=O)N1CCC[C@H]1c1nc(-c2ccc(C#Cc3ccc4nc([C@@H]5CCCN5C(=O)[C@@H](NC(=O)OC)C(C)C)[nH]c4c3)cc2)c(CN)[nH]1)C(C)C. The van der Waals surface area contributed by atoms with Crippen molar-refractivity contribution in [3.63, 3.8) is 0 Å². The van der Waals surface area contributed by atoms with Crippen LogP contribution in [0.3, 0.4) is 0 Å². The summed E-state index contributed by atoms with van der Waals surface area (Å²) in [4.78, 5) is 71.3. The molecule has 0 saturated carbocycles. The molecule has 2 fully saturated rings. The van der Waals surface area contributed by atoms with Crippen molar-refractivity contribution in [2.75, 3.05) is 27.3 Å². The molecule has 296 valence electrons. The predicted molar refractivity (Wildman–Crippen MR) is 210 cm³/mol. The smallest absolute Gasteiger partial charge is 0.407 e. The predicted octanol–water partition coefficient (Wildman–Crippen LogP) is 4.90. The highest BCUT2D eigenvalue weighted by Crippen LogP contribution is 2.35. The van der Waals surface area contributed by atoms with Crippen molar-refractivity contribution in [3.8, 4) is 23.1 Å². The Bertz CT molecular complexity index is 2130. The highest BCUT2D eigenvalue weighted by Gasteiger charge is 2.39. The molecular weight excluding hydrogens is 715 g/mol. The maximum absolute atomic E-state index is 13.6. The number of H-pyrrole nitrogens is 2. The molecule has 15 heteroatoms. The number of hydrogen-bond donors (Lipinski definition) is 5. The van der Waals surface area contributed by atoms with Crippen LogP contribution < -0.4 is 16.4 Å². The Morgan fingerprint density at radius 2 is 1.30 bits per heavy atom. The van der Waals surface area contributed by atoms with Gasteiger partial charge in [0.05, 0.1) is 48.7 Å². The fourth-order valence-electron chi connectivity index (χ4n) is 7.48. The molecule has 6 rings (SSSR count). The van der Waals surface area contributed by atoms with Crippen LogP contribution in [0.25, 0.3) is 22.3 Å². The Hall–Kier alpha value is -5.88. The molecule has 2 aromatic carbocycles. The minimum Gasteiger partial charge on any atom is -0.453 e. The number of nitrogens with one attached hydrogen (secondary N) is 4. The van der Waals surface area contributed by atoms with Gasteiger partial charge in [-0.2, -0.15) is 0 Å². The second kappa shape index (κ2) is 17.3. The van der Waals surface area contributed by atoms with E-state index < -0.39 is 24.3 Å². The Morgan fingerprint density at radius 3 is 1.82 bits per heavy atom. The third-order valence-corrected chi connectivity index (χ3v) is 10.5. The number of rotatable bonds is 10. The van der Waals surface area contributed by atoms with E-state index in [2.05, 4.69) is 32.4 Å². The number of aromatic nitrogens is 4. The molecule has 0 aliphatic carbocycles. The molecule has 15 nitrogen and oxygen atoms in total. The van der Waals surface area contributed by atoms with Crippen LogP contribution in [-0.4, -0.2) is 93.1 Å². The summed E-state index contributed by atoms with van der Waals surface area (Å²) in [5.41, 5.74) is 11.7. The summed E-state index contributed by atoms with van der Waals surface area (Å²) in [6, 6.07) is 11.6. The number of benzene rings is 2. The largest absolute Gasteiger partial charge is 0.453 e. The molecule has 0 radical (unpaired) electrons. The highest BCUT2D eigenvalue weighted by molar-refractivity contribution is 5.87. The maximum atomic E-state index is 13.6. The second-order valence-electron chi connectivity index (χ2n) is 14.9. The third kappa shape index (κ3) is 8.50. The highest BCUT2D eigenvalue weighted by atomic mass is 16.5. The topological polar surface area (TPSA) is 201 Å². The van der Waals surface area contributed by atoms with Crippen molar-refractivity contribution in [1.82, 2.24) is 40.4 Å². The van der Waals surface area contributed by atoms with Crippen LogP contribution in [0.5, 0.6) is 0 Å². The standard InChI is InChI=1S/C41H51N9O6/c1-23(2)33(47-40(53)55-5)38(51)49-19-7-9-31(49)36-43-28-18-15-26(21-29(28)44-36)12-11-25-13-16-27(17-14-25)35-30(22-42)45-37(46-35)32-10-8-20-50(32)39(52)34(24(3)4)48-41(54)56-6/h13-18,21,23-24,31-34H,7-10,19-20,22,42H2,1-6H3,(H,43,44)(H,45,46)(H,47,53)(H,48,54)/t31-,32-,33-,34-/m0/s1. The molecule has 56 heavy (non-hydrogen) atoms. The number of nitrogens with zero attached hydrogens (tertiary/aromatic N) is 4. The molecule has 0 bridgehead atoms. The Morgan fingerprint density at radius 1 is 0.786 bits per heavy atom. The molecule has 4 aromatic rings. The van der Waals surface area contributed by atoms with E-state index in [-0.39, 0.29) is 42.3 Å². The zero-order valence-corrected chi connectivity index (χ0v) is 32.8. The first-order chi connectivity index (χ1) is 26.9. The van der Waals surface area contributed by atoms with E-state index in [9.17, 15) is 19.2 Å². The number of amides is 4. The molecular formula is C41H51N9O6. The molecule has 0 unspecified atom stereocenters. The molecule has 0 spiro atoms. The van der Waals surface area contributed by atoms with Crippen LogP contribution in [0.1, 0.15) is 93.9 Å². The van der Waals surface area contributed by atoms with Gasteiger partial charge in [0.25, 0.3) is 0 Å². The van der Waals surface area contributed by atoms with Crippen LogP contribution in [0, 0.1) is 23.7 Å². The number of fused-ring (bicyclic) bond motifs is 1. The number of carbonyl (C=O) groups is 4. The van der Waals surface area contributed by atoms with Crippen molar-refractivity contribution in [3.05, 3.63) is 70.9 Å². The van der Waals surface area contributed by atoms with E-state index in [0.717, 1.165) is 64.8 Å². The molecule has 4 amide bonds. The average Bonchev–Trinajstić information content (AvgIpc) is 4.03. The quantitative estimate of drug-likeness (QED) is 0.139. The molecule has 2 saturated heterocycles. The van der Waals surface area contributed by atoms with Crippen molar-refractivity contribution < 1.29 is 28.7 Å². The van der Waals surface area contributed by atoms with Crippen molar-refractivity contribution in [1.29, 1.82) is 0 Å². The Labute approximate surface area is 326 Å². The summed E-state index contributed by atoms with van der Waals surface area (Å²) in [6.07, 6.45) is 1.86. The van der Waals surface area contributed by atoms with Crippen LogP contribution in [0.15, 0.2) is 42.5 Å². The molecule has 2 aromatic heterocycles. The molecule has 4 atom stereocenters. The van der Waals surface area contributed by atoms with E-state index in [1.807, 2.05) is 70.2 Å². The lowest BCUT2D eigenvalue weighted by atomic mass is 10.0. The lowest BCUT2D eigenvalue weighted by Crippen LogP contribution is -2.51. The summed E-state index contributed by atoms with van der Waals surface area (Å²) >= 11 is 0. The molecule has 6 N–H and O–H groups in total. The summed E-state index contributed by atoms with van der Waals surface area (Å²) in [6.45, 7) is 8.93. The second-order valence-corrected chi connectivity index (χ2v) is 14.9. The van der Waals surface area contributed by atoms with Crippen molar-refractivity contribution in [2.45, 2.75) is 84.1 Å². The maximum Gasteiger partial charge on any atom is 0.407 e. The summed E-state index contributed by atoms with van der Waals surface area (Å²) in [5.74, 6) is 7.29. The normalized spacial score (nSPS) is 17.8. The average molecular weight is 766 g/mol. The van der Waals surface area contributed by atoms with Gasteiger partial charge in [-0.25, -0.2) is 19.6 Å². The van der Waals surface area contributed by atoms with Crippen LogP contribution in [-0.2, 0) is 25.6 Å². The monoisotopic (exact) mass is 765 g/mol. The van der Waals surface area contributed by atoms with Crippen LogP contribution in [0.4, 0.5) is 9.59 Å². The van der Waals surface area contributed by atoms with Gasteiger partial charge in [-0.05, 0) is 67.9 Å². The van der Waals surface area contributed by atoms with Crippen LogP contribution >= 0.6 is 0 Å². The van der Waals surface area contributed by atoms with E-state index in [1.54, 1.807) is 9.80 Å². The molecule has 4 heterocycles. The molecule has 2 aliphatic heterocycles. The van der Waals surface area contributed by atoms with Gasteiger partial charge in [0.2, 0.25) is 11.8 Å². The number of ether oxygens (including phenoxy) is 2. The van der Waals surface area contributed by atoms with Gasteiger partial charge in [0.1, 0.15) is 23.7 Å². The number of imidazole rings is 2. The van der Waals surface area contributed by atoms with E-state index >= 15 is 0 Å². The fourth-order valence-corrected chi connectivity index (χ4v) is 7.48. The number of likely N-dealkylation sites (tertiary alicyclic amines) is 2. The van der Waals surface area contributed by atoms with Gasteiger partial charge >= 0.3 is 12.2 Å². The van der Waals surface area contributed by atoms with Gasteiger partial charge in [-0.1, -0.05) is 51.7 Å². The lowest BCUT2D eigenvalue weighted by Gasteiger charge is -2.30. The number of nitrogens with two attached hydrogens (primary N) is 1. The minimum atomic E-state index is -0.721. The lowest BCUT2D eigenvalue weighted by molar-refractivity contribution is -0.136. The van der Waals surface area contributed by atoms with Gasteiger partial charge in [-0.3, -0.25) is 9.59 Å². The number of aromatic amines is 2. The van der Waals surface area contributed by atoms with Gasteiger partial charge in [0, 0.05) is 36.3 Å². The Kier molecular flexibility index (Phi) is 12.3. The number of carbonyl (C=O) groups excluding carboxylic acids is 4. The van der Waals surface area contributed by atoms with Crippen molar-refractivity contribution >= 4 is 35.0 Å². The number of methoxy groups -OCH3 is 2. The van der Waals surface area contributed by atoms with Crippen LogP contribution in [0.2, 0.25) is 0 Å². The summed E-state index contributed by atoms with van der Waals surface area (Å²) in [5, 5.41) is 5.37. The zero-order chi connectivity index (χ0) is 40.1. The summed E-state index contributed by atoms with van der Waals surface area (Å²) in [7, 11) is 2.56. The zero-order valence-electron chi connectivity index (χ0n) is 32.8. The van der Waals surface area contributed by atoms with E-state index in [1.165, 1.54) is 14.2 Å². The number of hydrogen-bond acceptors (Lipinski definition) is 9. The Balaban J connectivity index is 1.16. The van der Waals surface area contributed by atoms with Crippen molar-refractivity contribution in [2.24, 2.45) is 17.6 Å². The molecule has 2 aliphatic rings. The minimum absolute atomic E-state index is 0.119. The van der Waals surface area contributed by atoms with E-state index in [4.69, 9.17) is 25.2 Å². The van der Waals surface area contributed by atoms with Gasteiger partial charge < -0.3 is 45.6 Å². The fraction of sp³-hybridized carbons (Fsp3) is 0.463. The first-order valence-electron chi connectivity index (χ1n) is 19.1. The number of alkyl carbamates (subject to hydrolysis) is 2. The van der Waals surface area contributed by atoms with Gasteiger partial charge in [0.15, 0.2) is 0 Å². The first-order valence-corrected chi connectivity index (χ1v) is 19.1. The first kappa shape index (κ1) is 39.8.